The summed E-state index contributed by atoms with van der Waals surface area (Å²) in [5, 5.41) is 13.0. The maximum Gasteiger partial charge on any atom is 0.225 e. The highest BCUT2D eigenvalue weighted by Crippen LogP contribution is 2.22. The molecule has 0 radical (unpaired) electrons. The highest BCUT2D eigenvalue weighted by Gasteiger charge is 2.27. The molecule has 0 aliphatic carbocycles. The van der Waals surface area contributed by atoms with Gasteiger partial charge < -0.3 is 15.3 Å². The molecular formula is C15H26N4O. The Labute approximate surface area is 121 Å². The van der Waals surface area contributed by atoms with Crippen molar-refractivity contribution in [2.75, 3.05) is 24.5 Å². The summed E-state index contributed by atoms with van der Waals surface area (Å²) < 4.78 is 0. The predicted molar refractivity (Wildman–Crippen MR) is 80.6 cm³/mol. The van der Waals surface area contributed by atoms with Gasteiger partial charge in [-0.15, -0.1) is 0 Å². The van der Waals surface area contributed by atoms with Gasteiger partial charge in [0, 0.05) is 43.5 Å². The van der Waals surface area contributed by atoms with Crippen LogP contribution in [0.4, 0.5) is 5.95 Å². The van der Waals surface area contributed by atoms with Gasteiger partial charge in [-0.2, -0.15) is 0 Å². The Bertz CT molecular complexity index is 405. The van der Waals surface area contributed by atoms with Gasteiger partial charge in [0.05, 0.1) is 6.10 Å². The highest BCUT2D eigenvalue weighted by atomic mass is 16.3. The lowest BCUT2D eigenvalue weighted by Gasteiger charge is -2.17. The van der Waals surface area contributed by atoms with Gasteiger partial charge in [0.15, 0.2) is 0 Å². The van der Waals surface area contributed by atoms with E-state index in [2.05, 4.69) is 34.0 Å². The van der Waals surface area contributed by atoms with Crippen molar-refractivity contribution >= 4 is 5.95 Å². The maximum absolute atomic E-state index is 9.63. The molecule has 5 nitrogen and oxygen atoms in total. The molecule has 2 rings (SSSR count). The largest absolute Gasteiger partial charge is 0.393 e. The first kappa shape index (κ1) is 15.2. The molecule has 1 aromatic rings. The Hall–Kier alpha value is -1.20. The molecule has 112 valence electrons. The summed E-state index contributed by atoms with van der Waals surface area (Å²) in [6.45, 7) is 9.84. The molecule has 0 bridgehead atoms. The molecule has 2 unspecified atom stereocenters. The fourth-order valence-electron chi connectivity index (χ4n) is 2.47. The summed E-state index contributed by atoms with van der Waals surface area (Å²) >= 11 is 0. The van der Waals surface area contributed by atoms with E-state index in [-0.39, 0.29) is 6.10 Å². The van der Waals surface area contributed by atoms with E-state index in [9.17, 15) is 5.11 Å². The van der Waals surface area contributed by atoms with Crippen LogP contribution in [0.2, 0.25) is 0 Å². The average Bonchev–Trinajstić information content (AvgIpc) is 2.89. The van der Waals surface area contributed by atoms with Crippen LogP contribution in [0.15, 0.2) is 12.4 Å². The first-order valence-electron chi connectivity index (χ1n) is 7.51. The van der Waals surface area contributed by atoms with E-state index >= 15 is 0 Å². The number of aliphatic hydroxyl groups is 1. The summed E-state index contributed by atoms with van der Waals surface area (Å²) in [4.78, 5) is 11.0. The van der Waals surface area contributed by atoms with Crippen molar-refractivity contribution in [3.63, 3.8) is 0 Å². The lowest BCUT2D eigenvalue weighted by molar-refractivity contribution is 0.136. The molecule has 1 aliphatic heterocycles. The third-order valence-corrected chi connectivity index (χ3v) is 3.76. The van der Waals surface area contributed by atoms with Crippen molar-refractivity contribution in [3.8, 4) is 0 Å². The van der Waals surface area contributed by atoms with Crippen LogP contribution < -0.4 is 10.2 Å². The lowest BCUT2D eigenvalue weighted by atomic mass is 10.0. The van der Waals surface area contributed by atoms with Crippen LogP contribution in [0.1, 0.15) is 32.8 Å². The van der Waals surface area contributed by atoms with Crippen LogP contribution in [0, 0.1) is 11.8 Å². The number of aliphatic hydroxyl groups excluding tert-OH is 1. The normalized spacial score (nSPS) is 20.6. The molecular weight excluding hydrogens is 252 g/mol. The van der Waals surface area contributed by atoms with E-state index in [1.807, 2.05) is 19.3 Å². The van der Waals surface area contributed by atoms with Crippen LogP contribution in [0.3, 0.4) is 0 Å². The second kappa shape index (κ2) is 6.99. The minimum absolute atomic E-state index is 0.250. The van der Waals surface area contributed by atoms with Gasteiger partial charge >= 0.3 is 0 Å². The molecule has 2 atom stereocenters. The van der Waals surface area contributed by atoms with Crippen LogP contribution in [-0.2, 0) is 6.54 Å². The smallest absolute Gasteiger partial charge is 0.225 e. The Balaban J connectivity index is 1.85. The van der Waals surface area contributed by atoms with Gasteiger partial charge in [0.25, 0.3) is 0 Å². The molecule has 1 fully saturated rings. The summed E-state index contributed by atoms with van der Waals surface area (Å²) in [6.07, 6.45) is 4.55. The maximum atomic E-state index is 9.63. The number of nitrogens with zero attached hydrogens (tertiary/aromatic N) is 3. The molecule has 20 heavy (non-hydrogen) atoms. The van der Waals surface area contributed by atoms with E-state index in [1.165, 1.54) is 0 Å². The van der Waals surface area contributed by atoms with Gasteiger partial charge in [-0.25, -0.2) is 9.97 Å². The first-order valence-corrected chi connectivity index (χ1v) is 7.51. The average molecular weight is 278 g/mol. The second-order valence-electron chi connectivity index (χ2n) is 6.15. The molecule has 2 heterocycles. The number of hydrogen-bond donors (Lipinski definition) is 2. The molecule has 1 aliphatic rings. The third-order valence-electron chi connectivity index (χ3n) is 3.76. The van der Waals surface area contributed by atoms with Crippen molar-refractivity contribution in [3.05, 3.63) is 18.0 Å². The SMILES string of the molecule is CC(C)CNCc1cnc(N2CCC(C(C)O)C2)nc1. The quantitative estimate of drug-likeness (QED) is 0.824. The summed E-state index contributed by atoms with van der Waals surface area (Å²) in [5.74, 6) is 1.77. The minimum Gasteiger partial charge on any atom is -0.393 e. The van der Waals surface area contributed by atoms with Gasteiger partial charge in [-0.1, -0.05) is 13.8 Å². The zero-order valence-corrected chi connectivity index (χ0v) is 12.7. The molecule has 0 spiro atoms. The second-order valence-corrected chi connectivity index (χ2v) is 6.15. The Morgan fingerprint density at radius 2 is 2.05 bits per heavy atom. The topological polar surface area (TPSA) is 61.3 Å². The zero-order chi connectivity index (χ0) is 14.5. The summed E-state index contributed by atoms with van der Waals surface area (Å²) in [6, 6.07) is 0. The monoisotopic (exact) mass is 278 g/mol. The van der Waals surface area contributed by atoms with Crippen molar-refractivity contribution < 1.29 is 5.11 Å². The molecule has 0 aromatic carbocycles. The van der Waals surface area contributed by atoms with E-state index in [0.29, 0.717) is 11.8 Å². The number of nitrogens with one attached hydrogen (secondary N) is 1. The molecule has 1 aromatic heterocycles. The standard InChI is InChI=1S/C15H26N4O/c1-11(2)6-16-7-13-8-17-15(18-9-13)19-5-4-14(10-19)12(3)20/h8-9,11-12,14,16,20H,4-7,10H2,1-3H3. The Morgan fingerprint density at radius 3 is 2.60 bits per heavy atom. The van der Waals surface area contributed by atoms with Gasteiger partial charge in [-0.05, 0) is 25.8 Å². The fraction of sp³-hybridized carbons (Fsp3) is 0.733. The molecule has 0 saturated carbocycles. The number of anilines is 1. The molecule has 2 N–H and O–H groups in total. The van der Waals surface area contributed by atoms with E-state index in [0.717, 1.165) is 44.1 Å². The lowest BCUT2D eigenvalue weighted by Crippen LogP contribution is -2.25. The van der Waals surface area contributed by atoms with Crippen LogP contribution >= 0.6 is 0 Å². The Morgan fingerprint density at radius 1 is 1.35 bits per heavy atom. The van der Waals surface area contributed by atoms with Crippen LogP contribution in [0.5, 0.6) is 0 Å². The van der Waals surface area contributed by atoms with Gasteiger partial charge in [0.1, 0.15) is 0 Å². The van der Waals surface area contributed by atoms with E-state index < -0.39 is 0 Å². The predicted octanol–water partition coefficient (Wildman–Crippen LogP) is 1.43. The molecule has 0 amide bonds. The van der Waals surface area contributed by atoms with Crippen LogP contribution in [-0.4, -0.2) is 40.8 Å². The number of rotatable bonds is 6. The Kier molecular flexibility index (Phi) is 5.31. The van der Waals surface area contributed by atoms with Gasteiger partial charge in [0.2, 0.25) is 5.95 Å². The van der Waals surface area contributed by atoms with Crippen LogP contribution in [0.25, 0.3) is 0 Å². The minimum atomic E-state index is -0.250. The fourth-order valence-corrected chi connectivity index (χ4v) is 2.47. The highest BCUT2D eigenvalue weighted by molar-refractivity contribution is 5.31. The molecule has 5 heteroatoms. The van der Waals surface area contributed by atoms with E-state index in [4.69, 9.17) is 0 Å². The van der Waals surface area contributed by atoms with Crippen molar-refractivity contribution in [2.24, 2.45) is 11.8 Å². The first-order chi connectivity index (χ1) is 9.56. The number of hydrogen-bond acceptors (Lipinski definition) is 5. The summed E-state index contributed by atoms with van der Waals surface area (Å²) in [5.41, 5.74) is 1.11. The number of aromatic nitrogens is 2. The van der Waals surface area contributed by atoms with Crippen molar-refractivity contribution in [1.82, 2.24) is 15.3 Å². The van der Waals surface area contributed by atoms with Crippen molar-refractivity contribution in [1.29, 1.82) is 0 Å². The zero-order valence-electron chi connectivity index (χ0n) is 12.7. The van der Waals surface area contributed by atoms with Crippen molar-refractivity contribution in [2.45, 2.75) is 39.8 Å². The van der Waals surface area contributed by atoms with E-state index in [1.54, 1.807) is 0 Å². The molecule has 1 saturated heterocycles. The van der Waals surface area contributed by atoms with Gasteiger partial charge in [-0.3, -0.25) is 0 Å². The third kappa shape index (κ3) is 4.15. The summed E-state index contributed by atoms with van der Waals surface area (Å²) in [7, 11) is 0.